The smallest absolute Gasteiger partial charge is 0.123 e. The van der Waals surface area contributed by atoms with E-state index < -0.39 is 0 Å². The Morgan fingerprint density at radius 1 is 0.515 bits per heavy atom. The number of ether oxygens (including phenoxy) is 2. The van der Waals surface area contributed by atoms with Gasteiger partial charge in [-0.05, 0) is 93.3 Å². The molecule has 0 fully saturated rings. The van der Waals surface area contributed by atoms with Crippen molar-refractivity contribution < 1.29 is 9.47 Å². The number of aryl methyl sites for hydroxylation is 3. The van der Waals surface area contributed by atoms with Crippen LogP contribution in [-0.4, -0.2) is 12.2 Å². The Balaban J connectivity index is 0.000000118. The Morgan fingerprint density at radius 3 is 1.76 bits per heavy atom. The van der Waals surface area contributed by atoms with Crippen molar-refractivity contribution in [1.29, 1.82) is 0 Å². The average molecular weight is 443 g/mol. The standard InChI is InChI=1S/C11H14.2C10H12O/c1-8-3-4-10-6-9(2)7-11(10)5-8;1-7-3-4-10-9(5-7)6-8(2)11-10;1-7-3-4-9-6-8(2)11-10(9)5-7/h3-5,9H,6-7H2,1-2H3;2*3-5,8H,6H2,1-2H3. The van der Waals surface area contributed by atoms with Gasteiger partial charge < -0.3 is 9.47 Å². The molecule has 2 heteroatoms. The Labute approximate surface area is 200 Å². The lowest BCUT2D eigenvalue weighted by atomic mass is 10.1. The first-order valence-electron chi connectivity index (χ1n) is 12.4. The van der Waals surface area contributed by atoms with Gasteiger partial charge in [0.25, 0.3) is 0 Å². The zero-order valence-electron chi connectivity index (χ0n) is 21.1. The van der Waals surface area contributed by atoms with Crippen molar-refractivity contribution >= 4 is 0 Å². The fraction of sp³-hybridized carbons (Fsp3) is 0.419. The predicted molar refractivity (Wildman–Crippen MR) is 138 cm³/mol. The van der Waals surface area contributed by atoms with Crippen molar-refractivity contribution in [2.45, 2.75) is 79.4 Å². The Bertz CT molecular complexity index is 972. The van der Waals surface area contributed by atoms with Gasteiger partial charge in [-0.15, -0.1) is 0 Å². The summed E-state index contributed by atoms with van der Waals surface area (Å²) in [7, 11) is 0. The van der Waals surface area contributed by atoms with Crippen LogP contribution in [-0.2, 0) is 25.7 Å². The van der Waals surface area contributed by atoms with Gasteiger partial charge in [0.1, 0.15) is 23.7 Å². The maximum atomic E-state index is 5.59. The van der Waals surface area contributed by atoms with Crippen LogP contribution in [0.3, 0.4) is 0 Å². The molecule has 0 aromatic heterocycles. The lowest BCUT2D eigenvalue weighted by Crippen LogP contribution is -2.05. The molecule has 3 atom stereocenters. The molecule has 2 nitrogen and oxygen atoms in total. The maximum absolute atomic E-state index is 5.59. The Morgan fingerprint density at radius 2 is 1.03 bits per heavy atom. The fourth-order valence-electron chi connectivity index (χ4n) is 5.03. The fourth-order valence-corrected chi connectivity index (χ4v) is 5.03. The van der Waals surface area contributed by atoms with E-state index in [1.165, 1.54) is 40.7 Å². The molecule has 6 rings (SSSR count). The Hall–Kier alpha value is -2.74. The monoisotopic (exact) mass is 442 g/mol. The average Bonchev–Trinajstić information content (AvgIpc) is 3.41. The van der Waals surface area contributed by atoms with Crippen molar-refractivity contribution in [3.63, 3.8) is 0 Å². The van der Waals surface area contributed by atoms with Crippen LogP contribution in [0, 0.1) is 26.7 Å². The molecule has 174 valence electrons. The SMILES string of the molecule is Cc1ccc2c(c1)CC(C)C2.Cc1ccc2c(c1)CC(C)O2.Cc1ccc2c(c1)OC(C)C2. The van der Waals surface area contributed by atoms with Gasteiger partial charge in [-0.2, -0.15) is 0 Å². The number of hydrogen-bond donors (Lipinski definition) is 0. The van der Waals surface area contributed by atoms with Crippen molar-refractivity contribution in [1.82, 2.24) is 0 Å². The van der Waals surface area contributed by atoms with Crippen molar-refractivity contribution in [3.8, 4) is 11.5 Å². The zero-order chi connectivity index (χ0) is 23.5. The molecule has 2 heterocycles. The summed E-state index contributed by atoms with van der Waals surface area (Å²) in [4.78, 5) is 0. The molecule has 0 saturated carbocycles. The van der Waals surface area contributed by atoms with Crippen molar-refractivity contribution in [3.05, 3.63) is 93.5 Å². The van der Waals surface area contributed by atoms with Crippen LogP contribution in [0.15, 0.2) is 54.6 Å². The highest BCUT2D eigenvalue weighted by Gasteiger charge is 2.19. The summed E-state index contributed by atoms with van der Waals surface area (Å²) in [5, 5.41) is 0. The number of benzene rings is 3. The molecule has 0 amide bonds. The summed E-state index contributed by atoms with van der Waals surface area (Å²) in [6.07, 6.45) is 5.44. The highest BCUT2D eigenvalue weighted by Crippen LogP contribution is 2.30. The molecule has 0 N–H and O–H groups in total. The lowest BCUT2D eigenvalue weighted by molar-refractivity contribution is 0.254. The summed E-state index contributed by atoms with van der Waals surface area (Å²) in [5.74, 6) is 3.02. The topological polar surface area (TPSA) is 18.5 Å². The van der Waals surface area contributed by atoms with Gasteiger partial charge in [-0.3, -0.25) is 0 Å². The minimum atomic E-state index is 0.367. The van der Waals surface area contributed by atoms with Gasteiger partial charge >= 0.3 is 0 Å². The predicted octanol–water partition coefficient (Wildman–Crippen LogP) is 7.37. The van der Waals surface area contributed by atoms with Gasteiger partial charge in [0.05, 0.1) is 0 Å². The van der Waals surface area contributed by atoms with Crippen LogP contribution in [0.4, 0.5) is 0 Å². The number of fused-ring (bicyclic) bond motifs is 3. The summed E-state index contributed by atoms with van der Waals surface area (Å²) < 4.78 is 11.1. The van der Waals surface area contributed by atoms with E-state index >= 15 is 0 Å². The van der Waals surface area contributed by atoms with E-state index in [4.69, 9.17) is 9.47 Å². The molecule has 0 radical (unpaired) electrons. The largest absolute Gasteiger partial charge is 0.490 e. The lowest BCUT2D eigenvalue weighted by Gasteiger charge is -2.02. The number of rotatable bonds is 0. The normalized spacial score (nSPS) is 21.3. The molecule has 3 unspecified atom stereocenters. The van der Waals surface area contributed by atoms with Crippen LogP contribution in [0.5, 0.6) is 11.5 Å². The van der Waals surface area contributed by atoms with Gasteiger partial charge in [0.2, 0.25) is 0 Å². The summed E-state index contributed by atoms with van der Waals surface area (Å²) in [5.41, 5.74) is 9.86. The minimum Gasteiger partial charge on any atom is -0.490 e. The molecule has 2 aliphatic heterocycles. The van der Waals surface area contributed by atoms with Gasteiger partial charge in [-0.1, -0.05) is 60.5 Å². The third-order valence-corrected chi connectivity index (χ3v) is 6.61. The van der Waals surface area contributed by atoms with Gasteiger partial charge in [0.15, 0.2) is 0 Å². The van der Waals surface area contributed by atoms with Crippen LogP contribution in [0.1, 0.15) is 59.7 Å². The van der Waals surface area contributed by atoms with E-state index in [1.54, 1.807) is 11.1 Å². The molecule has 33 heavy (non-hydrogen) atoms. The van der Waals surface area contributed by atoms with Crippen molar-refractivity contribution in [2.24, 2.45) is 5.92 Å². The van der Waals surface area contributed by atoms with Crippen LogP contribution < -0.4 is 9.47 Å². The number of hydrogen-bond acceptors (Lipinski definition) is 2. The van der Waals surface area contributed by atoms with E-state index in [2.05, 4.69) is 96.1 Å². The molecule has 1 aliphatic carbocycles. The van der Waals surface area contributed by atoms with Crippen LogP contribution in [0.2, 0.25) is 0 Å². The maximum Gasteiger partial charge on any atom is 0.123 e. The summed E-state index contributed by atoms with van der Waals surface area (Å²) in [6.45, 7) is 12.9. The van der Waals surface area contributed by atoms with Gasteiger partial charge in [-0.25, -0.2) is 0 Å². The molecule has 3 aliphatic rings. The van der Waals surface area contributed by atoms with E-state index in [1.807, 2.05) is 0 Å². The van der Waals surface area contributed by atoms with E-state index in [0.29, 0.717) is 12.2 Å². The second-order valence-corrected chi connectivity index (χ2v) is 10.3. The second kappa shape index (κ2) is 10.0. The van der Waals surface area contributed by atoms with E-state index in [-0.39, 0.29) is 0 Å². The molecule has 0 saturated heterocycles. The summed E-state index contributed by atoms with van der Waals surface area (Å²) >= 11 is 0. The molecule has 0 bridgehead atoms. The quantitative estimate of drug-likeness (QED) is 0.362. The van der Waals surface area contributed by atoms with Gasteiger partial charge in [0, 0.05) is 12.8 Å². The highest BCUT2D eigenvalue weighted by atomic mass is 16.5. The molecular formula is C31H38O2. The first-order valence-corrected chi connectivity index (χ1v) is 12.4. The van der Waals surface area contributed by atoms with Crippen LogP contribution in [0.25, 0.3) is 0 Å². The Kier molecular flexibility index (Phi) is 7.12. The third kappa shape index (κ3) is 5.99. The molecular weight excluding hydrogens is 404 g/mol. The third-order valence-electron chi connectivity index (χ3n) is 6.61. The van der Waals surface area contributed by atoms with Crippen molar-refractivity contribution in [2.75, 3.05) is 0 Å². The molecule has 0 spiro atoms. The zero-order valence-corrected chi connectivity index (χ0v) is 21.1. The second-order valence-electron chi connectivity index (χ2n) is 10.3. The highest BCUT2D eigenvalue weighted by molar-refractivity contribution is 5.41. The molecule has 3 aromatic rings. The summed E-state index contributed by atoms with van der Waals surface area (Å²) in [6, 6.07) is 19.6. The first kappa shape index (κ1) is 23.4. The first-order chi connectivity index (χ1) is 15.8. The molecule has 3 aromatic carbocycles. The van der Waals surface area contributed by atoms with Crippen LogP contribution >= 0.6 is 0 Å². The van der Waals surface area contributed by atoms with E-state index in [9.17, 15) is 0 Å². The van der Waals surface area contributed by atoms with E-state index in [0.717, 1.165) is 30.3 Å². The minimum absolute atomic E-state index is 0.367.